The maximum absolute atomic E-state index is 7.17. The van der Waals surface area contributed by atoms with Gasteiger partial charge in [-0.25, -0.2) is 0 Å². The summed E-state index contributed by atoms with van der Waals surface area (Å²) < 4.78 is 7.17. The van der Waals surface area contributed by atoms with E-state index in [-0.39, 0.29) is 17.7 Å². The number of fused-ring (bicyclic) bond motifs is 10. The molecular weight excluding hydrogens is 872 g/mol. The molecule has 346 valence electrons. The number of anilines is 5. The summed E-state index contributed by atoms with van der Waals surface area (Å²) in [5.41, 5.74) is 25.4. The van der Waals surface area contributed by atoms with Crippen LogP contribution in [0, 0.1) is 13.8 Å². The van der Waals surface area contributed by atoms with Gasteiger partial charge in [-0.05, 0) is 175 Å². The lowest BCUT2D eigenvalue weighted by molar-refractivity contribution is 0.332. The number of furan rings is 1. The molecule has 0 N–H and O–H groups in total. The van der Waals surface area contributed by atoms with Crippen LogP contribution in [0.25, 0.3) is 77.2 Å². The molecule has 0 atom stereocenters. The van der Waals surface area contributed by atoms with Gasteiger partial charge >= 0.3 is 6.85 Å². The van der Waals surface area contributed by atoms with E-state index in [1.54, 1.807) is 0 Å². The second-order valence-electron chi connectivity index (χ2n) is 22.0. The van der Waals surface area contributed by atoms with Gasteiger partial charge < -0.3 is 14.1 Å². The highest BCUT2D eigenvalue weighted by Crippen LogP contribution is 2.53. The Morgan fingerprint density at radius 2 is 1.04 bits per heavy atom. The Morgan fingerprint density at radius 1 is 0.431 bits per heavy atom. The molecule has 4 heteroatoms. The highest BCUT2D eigenvalue weighted by Gasteiger charge is 2.47. The molecule has 0 fully saturated rings. The minimum atomic E-state index is -0.186. The van der Waals surface area contributed by atoms with Gasteiger partial charge in [-0.1, -0.05) is 167 Å². The van der Waals surface area contributed by atoms with Gasteiger partial charge in [-0.2, -0.15) is 0 Å². The van der Waals surface area contributed by atoms with Crippen molar-refractivity contribution >= 4 is 78.9 Å². The molecule has 11 aromatic rings. The lowest BCUT2D eigenvalue weighted by Gasteiger charge is -2.46. The predicted octanol–water partition coefficient (Wildman–Crippen LogP) is 17.4. The highest BCUT2D eigenvalue weighted by atomic mass is 16.3. The zero-order valence-electron chi connectivity index (χ0n) is 41.8. The summed E-state index contributed by atoms with van der Waals surface area (Å²) in [5, 5.41) is 4.82. The van der Waals surface area contributed by atoms with Crippen LogP contribution in [0.2, 0.25) is 0 Å². The molecule has 0 saturated carbocycles. The first kappa shape index (κ1) is 42.8. The summed E-state index contributed by atoms with van der Waals surface area (Å²) in [6, 6.07) is 75.1. The molecule has 2 aliphatic heterocycles. The van der Waals surface area contributed by atoms with Crippen LogP contribution >= 0.6 is 0 Å². The van der Waals surface area contributed by atoms with Gasteiger partial charge in [0, 0.05) is 50.8 Å². The topological polar surface area (TPSA) is 19.6 Å². The molecule has 0 saturated heterocycles. The van der Waals surface area contributed by atoms with Gasteiger partial charge in [0.05, 0.1) is 0 Å². The van der Waals surface area contributed by atoms with Gasteiger partial charge in [0.1, 0.15) is 11.2 Å². The maximum Gasteiger partial charge on any atom is 0.333 e. The molecule has 10 aromatic carbocycles. The molecule has 0 bridgehead atoms. The number of hydrogen-bond acceptors (Lipinski definition) is 3. The fourth-order valence-electron chi connectivity index (χ4n) is 12.8. The summed E-state index contributed by atoms with van der Waals surface area (Å²) in [4.78, 5) is 5.23. The molecule has 0 unspecified atom stereocenters. The molecule has 0 spiro atoms. The Morgan fingerprint density at radius 3 is 1.78 bits per heavy atom. The van der Waals surface area contributed by atoms with Crippen molar-refractivity contribution < 1.29 is 4.42 Å². The monoisotopic (exact) mass is 926 g/mol. The molecule has 72 heavy (non-hydrogen) atoms. The summed E-state index contributed by atoms with van der Waals surface area (Å²) in [5.74, 6) is 0. The quantitative estimate of drug-likeness (QED) is 0.160. The van der Waals surface area contributed by atoms with Crippen molar-refractivity contribution in [1.29, 1.82) is 0 Å². The van der Waals surface area contributed by atoms with Crippen LogP contribution in [0.1, 0.15) is 62.8 Å². The largest absolute Gasteiger partial charge is 0.456 e. The van der Waals surface area contributed by atoms with E-state index >= 15 is 0 Å². The van der Waals surface area contributed by atoms with Gasteiger partial charge in [-0.3, -0.25) is 0 Å². The van der Waals surface area contributed by atoms with Crippen molar-refractivity contribution in [2.45, 2.75) is 65.2 Å². The third-order valence-electron chi connectivity index (χ3n) is 16.7. The number of hydrogen-bond donors (Lipinski definition) is 0. The van der Waals surface area contributed by atoms with E-state index in [9.17, 15) is 0 Å². The molecule has 14 rings (SSSR count). The number of nitrogens with zero attached hydrogens (tertiary/aromatic N) is 2. The summed E-state index contributed by atoms with van der Waals surface area (Å²) in [7, 11) is 0. The summed E-state index contributed by atoms with van der Waals surface area (Å²) in [6.45, 7) is 14.0. The second kappa shape index (κ2) is 15.7. The molecule has 3 nitrogen and oxygen atoms in total. The van der Waals surface area contributed by atoms with Crippen molar-refractivity contribution in [2.75, 3.05) is 9.71 Å². The van der Waals surface area contributed by atoms with Crippen LogP contribution in [0.3, 0.4) is 0 Å². The van der Waals surface area contributed by atoms with Gasteiger partial charge in [0.15, 0.2) is 0 Å². The van der Waals surface area contributed by atoms with Crippen LogP contribution in [-0.4, -0.2) is 6.85 Å². The van der Waals surface area contributed by atoms with E-state index in [0.29, 0.717) is 0 Å². The minimum absolute atomic E-state index is 0.0539. The molecular formula is C68H55BN2O. The molecule has 1 aliphatic carbocycles. The zero-order chi connectivity index (χ0) is 48.6. The van der Waals surface area contributed by atoms with Crippen molar-refractivity contribution in [2.24, 2.45) is 0 Å². The van der Waals surface area contributed by atoms with Gasteiger partial charge in [-0.15, -0.1) is 0 Å². The SMILES string of the molecule is Cc1ccccc1-c1cc2c3c(c1)N(c1ccc(-c4ccccc4)cc1C)c1cc4oc5cc6c(cc5c4cc1B3N(c1ccc(-c3ccccc3)cc1)c1ccc3ccccc3c1-2)C(C)(C)CCC6(C)C. The first-order chi connectivity index (χ1) is 35.0. The average molecular weight is 927 g/mol. The highest BCUT2D eigenvalue weighted by molar-refractivity contribution is 6.94. The lowest BCUT2D eigenvalue weighted by Crippen LogP contribution is -2.61. The first-order valence-corrected chi connectivity index (χ1v) is 25.7. The van der Waals surface area contributed by atoms with Crippen molar-refractivity contribution in [3.05, 3.63) is 222 Å². The number of rotatable bonds is 5. The second-order valence-corrected chi connectivity index (χ2v) is 22.0. The maximum atomic E-state index is 7.17. The lowest BCUT2D eigenvalue weighted by atomic mass is 9.43. The van der Waals surface area contributed by atoms with Crippen LogP contribution in [-0.2, 0) is 10.8 Å². The zero-order valence-corrected chi connectivity index (χ0v) is 41.8. The Labute approximate surface area is 423 Å². The normalized spacial score (nSPS) is 15.1. The van der Waals surface area contributed by atoms with E-state index in [0.717, 1.165) is 46.5 Å². The van der Waals surface area contributed by atoms with Crippen LogP contribution in [0.15, 0.2) is 205 Å². The third kappa shape index (κ3) is 6.44. The number of aryl methyl sites for hydroxylation is 2. The van der Waals surface area contributed by atoms with Gasteiger partial charge in [0.25, 0.3) is 0 Å². The fraction of sp³-hybridized carbons (Fsp3) is 0.147. The van der Waals surface area contributed by atoms with Crippen LogP contribution in [0.5, 0.6) is 0 Å². The van der Waals surface area contributed by atoms with E-state index in [4.69, 9.17) is 4.42 Å². The van der Waals surface area contributed by atoms with Crippen molar-refractivity contribution in [3.8, 4) is 44.5 Å². The van der Waals surface area contributed by atoms with Crippen LogP contribution < -0.4 is 20.6 Å². The molecule has 3 aliphatic rings. The van der Waals surface area contributed by atoms with E-state index in [1.807, 2.05) is 0 Å². The Bertz CT molecular complexity index is 4020. The predicted molar refractivity (Wildman–Crippen MR) is 306 cm³/mol. The smallest absolute Gasteiger partial charge is 0.333 e. The third-order valence-corrected chi connectivity index (χ3v) is 16.7. The van der Waals surface area contributed by atoms with Crippen molar-refractivity contribution in [3.63, 3.8) is 0 Å². The Kier molecular flexibility index (Phi) is 9.33. The molecule has 0 amide bonds. The Balaban J connectivity index is 1.11. The van der Waals surface area contributed by atoms with Crippen molar-refractivity contribution in [1.82, 2.24) is 0 Å². The minimum Gasteiger partial charge on any atom is -0.456 e. The molecule has 1 aromatic heterocycles. The van der Waals surface area contributed by atoms with E-state index in [1.165, 1.54) is 105 Å². The summed E-state index contributed by atoms with van der Waals surface area (Å²) >= 11 is 0. The standard InChI is InChI=1S/C68H55BN2O/c1-42-17-13-15-23-51(42)49-36-55-65-52-24-16-14-22-47(52)27-32-60(65)71(50-29-25-46(26-30-50)44-18-9-7-10-19-44)69-58-39-54-53-38-56-57(68(5,6)34-33-67(56,3)4)40-63(53)72-64(54)41-61(58)70(62(37-49)66(55)69)59-31-28-48(35-43(59)2)45-20-11-8-12-21-45/h7-32,35-41H,33-34H2,1-6H3. The van der Waals surface area contributed by atoms with Crippen LogP contribution in [0.4, 0.5) is 28.4 Å². The van der Waals surface area contributed by atoms with Gasteiger partial charge in [0.2, 0.25) is 0 Å². The molecule has 3 heterocycles. The van der Waals surface area contributed by atoms with E-state index in [2.05, 4.69) is 251 Å². The average Bonchev–Trinajstić information content (AvgIpc) is 3.76. The first-order valence-electron chi connectivity index (χ1n) is 25.7. The molecule has 0 radical (unpaired) electrons. The number of benzene rings is 10. The van der Waals surface area contributed by atoms with E-state index < -0.39 is 0 Å². The fourth-order valence-corrected chi connectivity index (χ4v) is 12.8. The Hall–Kier alpha value is -8.08. The summed E-state index contributed by atoms with van der Waals surface area (Å²) in [6.07, 6.45) is 2.30.